The molecule has 0 aromatic heterocycles. The van der Waals surface area contributed by atoms with Gasteiger partial charge in [0.05, 0.1) is 13.7 Å². The Morgan fingerprint density at radius 3 is 2.41 bits per heavy atom. The van der Waals surface area contributed by atoms with Crippen LogP contribution in [0.2, 0.25) is 0 Å². The highest BCUT2D eigenvalue weighted by Gasteiger charge is 2.26. The first-order valence-electron chi connectivity index (χ1n) is 5.15. The zero-order valence-electron chi connectivity index (χ0n) is 9.71. The van der Waals surface area contributed by atoms with Gasteiger partial charge >= 0.3 is 12.1 Å². The lowest BCUT2D eigenvalue weighted by atomic mass is 10.1. The molecule has 0 spiro atoms. The number of methoxy groups -OCH3 is 1. The molecule has 0 amide bonds. The quantitative estimate of drug-likeness (QED) is 0.751. The van der Waals surface area contributed by atoms with Crippen molar-refractivity contribution in [3.63, 3.8) is 0 Å². The first-order valence-corrected chi connectivity index (χ1v) is 5.15. The second-order valence-electron chi connectivity index (χ2n) is 3.11. The van der Waals surface area contributed by atoms with Crippen molar-refractivity contribution in [2.45, 2.75) is 13.0 Å². The van der Waals surface area contributed by atoms with Gasteiger partial charge in [0.2, 0.25) is 6.10 Å². The van der Waals surface area contributed by atoms with E-state index < -0.39 is 18.2 Å². The van der Waals surface area contributed by atoms with Gasteiger partial charge in [-0.2, -0.15) is 0 Å². The fourth-order valence-corrected chi connectivity index (χ4v) is 1.24. The average molecular weight is 238 g/mol. The lowest BCUT2D eigenvalue weighted by Crippen LogP contribution is -2.21. The van der Waals surface area contributed by atoms with Crippen LogP contribution >= 0.6 is 0 Å². The fraction of sp³-hybridized carbons (Fsp3) is 0.333. The van der Waals surface area contributed by atoms with Crippen LogP contribution in [0.3, 0.4) is 0 Å². The standard InChI is InChI=1S/C12H14O5/c1-3-16-12(14)17-10(11(13)15-2)9-7-5-4-6-8-9/h4-8,10H,3H2,1-2H3/t10-/m1/s1. The smallest absolute Gasteiger partial charge is 0.466 e. The Balaban J connectivity index is 2.82. The molecule has 0 saturated heterocycles. The number of hydrogen-bond acceptors (Lipinski definition) is 5. The van der Waals surface area contributed by atoms with Crippen LogP contribution in [0.4, 0.5) is 4.79 Å². The van der Waals surface area contributed by atoms with E-state index in [2.05, 4.69) is 9.47 Å². The van der Waals surface area contributed by atoms with Crippen molar-refractivity contribution < 1.29 is 23.8 Å². The summed E-state index contributed by atoms with van der Waals surface area (Å²) in [5.41, 5.74) is 0.535. The molecular weight excluding hydrogens is 224 g/mol. The Morgan fingerprint density at radius 2 is 1.88 bits per heavy atom. The van der Waals surface area contributed by atoms with Crippen molar-refractivity contribution in [3.05, 3.63) is 35.9 Å². The number of esters is 1. The Morgan fingerprint density at radius 1 is 1.24 bits per heavy atom. The molecule has 0 N–H and O–H groups in total. The Hall–Kier alpha value is -2.04. The van der Waals surface area contributed by atoms with E-state index in [-0.39, 0.29) is 6.61 Å². The third-order valence-corrected chi connectivity index (χ3v) is 1.99. The summed E-state index contributed by atoms with van der Waals surface area (Å²) >= 11 is 0. The molecule has 1 atom stereocenters. The van der Waals surface area contributed by atoms with Crippen LogP contribution in [0.5, 0.6) is 0 Å². The van der Waals surface area contributed by atoms with Crippen molar-refractivity contribution >= 4 is 12.1 Å². The number of carbonyl (C=O) groups excluding carboxylic acids is 2. The molecule has 5 nitrogen and oxygen atoms in total. The van der Waals surface area contributed by atoms with Crippen molar-refractivity contribution in [3.8, 4) is 0 Å². The number of ether oxygens (including phenoxy) is 3. The van der Waals surface area contributed by atoms with E-state index >= 15 is 0 Å². The number of carbonyl (C=O) groups is 2. The van der Waals surface area contributed by atoms with E-state index in [9.17, 15) is 9.59 Å². The molecule has 17 heavy (non-hydrogen) atoms. The molecule has 0 unspecified atom stereocenters. The van der Waals surface area contributed by atoms with Gasteiger partial charge in [0.15, 0.2) is 0 Å². The van der Waals surface area contributed by atoms with E-state index in [1.165, 1.54) is 7.11 Å². The van der Waals surface area contributed by atoms with Crippen LogP contribution in [0.1, 0.15) is 18.6 Å². The second kappa shape index (κ2) is 6.52. The molecule has 1 aromatic rings. The zero-order chi connectivity index (χ0) is 12.7. The summed E-state index contributed by atoms with van der Waals surface area (Å²) in [6.07, 6.45) is -1.99. The summed E-state index contributed by atoms with van der Waals surface area (Å²) < 4.78 is 14.1. The van der Waals surface area contributed by atoms with E-state index in [0.29, 0.717) is 5.56 Å². The first-order chi connectivity index (χ1) is 8.19. The van der Waals surface area contributed by atoms with Gasteiger partial charge in [0.1, 0.15) is 0 Å². The summed E-state index contributed by atoms with van der Waals surface area (Å²) in [6.45, 7) is 1.83. The minimum absolute atomic E-state index is 0.182. The molecule has 1 aromatic carbocycles. The predicted octanol–water partition coefficient (Wildman–Crippen LogP) is 2.07. The molecule has 1 rings (SSSR count). The van der Waals surface area contributed by atoms with Gasteiger partial charge in [-0.25, -0.2) is 9.59 Å². The minimum atomic E-state index is -1.10. The maximum atomic E-state index is 11.5. The highest BCUT2D eigenvalue weighted by molar-refractivity contribution is 5.79. The normalized spacial score (nSPS) is 11.4. The molecule has 0 aliphatic rings. The minimum Gasteiger partial charge on any atom is -0.466 e. The zero-order valence-corrected chi connectivity index (χ0v) is 9.71. The fourth-order valence-electron chi connectivity index (χ4n) is 1.24. The van der Waals surface area contributed by atoms with Crippen LogP contribution in [-0.4, -0.2) is 25.8 Å². The van der Waals surface area contributed by atoms with E-state index in [4.69, 9.17) is 4.74 Å². The van der Waals surface area contributed by atoms with Crippen LogP contribution in [0.25, 0.3) is 0 Å². The summed E-state index contributed by atoms with van der Waals surface area (Å²) in [7, 11) is 1.23. The summed E-state index contributed by atoms with van der Waals surface area (Å²) in [5.74, 6) is -0.649. The summed E-state index contributed by atoms with van der Waals surface area (Å²) in [6, 6.07) is 8.60. The van der Waals surface area contributed by atoms with Gasteiger partial charge < -0.3 is 14.2 Å². The lowest BCUT2D eigenvalue weighted by molar-refractivity contribution is -0.152. The molecule has 0 aliphatic heterocycles. The number of rotatable bonds is 4. The molecular formula is C12H14O5. The van der Waals surface area contributed by atoms with Crippen LogP contribution in [0.15, 0.2) is 30.3 Å². The van der Waals surface area contributed by atoms with Crippen LogP contribution in [0, 0.1) is 0 Å². The monoisotopic (exact) mass is 238 g/mol. The third kappa shape index (κ3) is 3.79. The molecule has 0 bridgehead atoms. The molecule has 0 heterocycles. The maximum Gasteiger partial charge on any atom is 0.509 e. The van der Waals surface area contributed by atoms with Crippen LogP contribution in [-0.2, 0) is 19.0 Å². The lowest BCUT2D eigenvalue weighted by Gasteiger charge is -2.15. The number of hydrogen-bond donors (Lipinski definition) is 0. The predicted molar refractivity (Wildman–Crippen MR) is 59.3 cm³/mol. The van der Waals surface area contributed by atoms with Gasteiger partial charge in [-0.1, -0.05) is 30.3 Å². The molecule has 0 radical (unpaired) electrons. The Kier molecular flexibility index (Phi) is 5.00. The van der Waals surface area contributed by atoms with E-state index in [0.717, 1.165) is 0 Å². The highest BCUT2D eigenvalue weighted by atomic mass is 16.7. The molecule has 0 aliphatic carbocycles. The van der Waals surface area contributed by atoms with E-state index in [1.807, 2.05) is 0 Å². The topological polar surface area (TPSA) is 61.8 Å². The summed E-state index contributed by atoms with van der Waals surface area (Å²) in [5, 5.41) is 0. The van der Waals surface area contributed by atoms with E-state index in [1.54, 1.807) is 37.3 Å². The second-order valence-corrected chi connectivity index (χ2v) is 3.11. The van der Waals surface area contributed by atoms with Gasteiger partial charge in [-0.15, -0.1) is 0 Å². The van der Waals surface area contributed by atoms with Crippen molar-refractivity contribution in [1.29, 1.82) is 0 Å². The SMILES string of the molecule is CCOC(=O)O[C@@H](C(=O)OC)c1ccccc1. The molecule has 0 saturated carbocycles. The highest BCUT2D eigenvalue weighted by Crippen LogP contribution is 2.19. The molecule has 92 valence electrons. The molecule has 5 heteroatoms. The van der Waals surface area contributed by atoms with Gasteiger partial charge in [0, 0.05) is 5.56 Å². The maximum absolute atomic E-state index is 11.5. The van der Waals surface area contributed by atoms with Crippen LogP contribution < -0.4 is 0 Å². The van der Waals surface area contributed by atoms with Crippen molar-refractivity contribution in [2.75, 3.05) is 13.7 Å². The van der Waals surface area contributed by atoms with Crippen molar-refractivity contribution in [2.24, 2.45) is 0 Å². The van der Waals surface area contributed by atoms with Gasteiger partial charge in [-0.3, -0.25) is 0 Å². The van der Waals surface area contributed by atoms with Gasteiger partial charge in [-0.05, 0) is 6.92 Å². The summed E-state index contributed by atoms with van der Waals surface area (Å²) in [4.78, 5) is 22.7. The average Bonchev–Trinajstić information content (AvgIpc) is 2.36. The largest absolute Gasteiger partial charge is 0.509 e. The Bertz CT molecular complexity index is 374. The first kappa shape index (κ1) is 13.0. The molecule has 0 fully saturated rings. The third-order valence-electron chi connectivity index (χ3n) is 1.99. The number of benzene rings is 1. The van der Waals surface area contributed by atoms with Gasteiger partial charge in [0.25, 0.3) is 0 Å². The Labute approximate surface area is 99.3 Å². The van der Waals surface area contributed by atoms with Crippen molar-refractivity contribution in [1.82, 2.24) is 0 Å².